The molecule has 14 heavy (non-hydrogen) atoms. The van der Waals surface area contributed by atoms with E-state index in [0.717, 1.165) is 32.6 Å². The molecule has 0 saturated carbocycles. The molecule has 2 aliphatic rings. The number of ether oxygens (including phenoxy) is 3. The van der Waals surface area contributed by atoms with Gasteiger partial charge in [-0.25, -0.2) is 0 Å². The van der Waals surface area contributed by atoms with Gasteiger partial charge in [-0.15, -0.1) is 0 Å². The Morgan fingerprint density at radius 3 is 3.14 bits per heavy atom. The van der Waals surface area contributed by atoms with E-state index in [1.54, 1.807) is 7.11 Å². The topological polar surface area (TPSA) is 39.7 Å². The van der Waals surface area contributed by atoms with Crippen molar-refractivity contribution in [2.45, 2.75) is 24.5 Å². The standard InChI is InChI=1S/C10H19NO3/c1-12-7-9-10(14-6-4-11-9)3-2-5-13-8-10/h9,11H,2-8H2,1H3. The SMILES string of the molecule is COCC1NCCOC12CCCOC2. The lowest BCUT2D eigenvalue weighted by atomic mass is 9.87. The zero-order chi connectivity index (χ0) is 9.86. The second-order valence-electron chi connectivity index (χ2n) is 4.03. The molecule has 1 spiro atoms. The van der Waals surface area contributed by atoms with E-state index < -0.39 is 0 Å². The van der Waals surface area contributed by atoms with Gasteiger partial charge in [0.2, 0.25) is 0 Å². The molecule has 0 bridgehead atoms. The number of methoxy groups -OCH3 is 1. The van der Waals surface area contributed by atoms with Gasteiger partial charge < -0.3 is 19.5 Å². The van der Waals surface area contributed by atoms with Gasteiger partial charge in [-0.2, -0.15) is 0 Å². The Labute approximate surface area is 84.9 Å². The van der Waals surface area contributed by atoms with E-state index in [1.807, 2.05) is 0 Å². The summed E-state index contributed by atoms with van der Waals surface area (Å²) in [5, 5.41) is 3.45. The minimum Gasteiger partial charge on any atom is -0.383 e. The van der Waals surface area contributed by atoms with E-state index >= 15 is 0 Å². The van der Waals surface area contributed by atoms with Crippen molar-refractivity contribution in [2.75, 3.05) is 40.1 Å². The van der Waals surface area contributed by atoms with Crippen molar-refractivity contribution in [1.29, 1.82) is 0 Å². The number of hydrogen-bond acceptors (Lipinski definition) is 4. The second kappa shape index (κ2) is 4.57. The predicted molar refractivity (Wildman–Crippen MR) is 52.4 cm³/mol. The first-order chi connectivity index (χ1) is 6.87. The monoisotopic (exact) mass is 201 g/mol. The fourth-order valence-electron chi connectivity index (χ4n) is 2.33. The van der Waals surface area contributed by atoms with Gasteiger partial charge in [0.15, 0.2) is 0 Å². The van der Waals surface area contributed by atoms with Crippen LogP contribution in [0.1, 0.15) is 12.8 Å². The van der Waals surface area contributed by atoms with Crippen LogP contribution in [-0.2, 0) is 14.2 Å². The molecule has 0 aliphatic carbocycles. The van der Waals surface area contributed by atoms with Gasteiger partial charge in [-0.05, 0) is 12.8 Å². The highest BCUT2D eigenvalue weighted by Gasteiger charge is 2.43. The summed E-state index contributed by atoms with van der Waals surface area (Å²) in [5.74, 6) is 0. The van der Waals surface area contributed by atoms with Gasteiger partial charge in [0.25, 0.3) is 0 Å². The zero-order valence-electron chi connectivity index (χ0n) is 8.75. The third-order valence-electron chi connectivity index (χ3n) is 3.09. The molecule has 0 amide bonds. The normalized spacial score (nSPS) is 38.8. The number of rotatable bonds is 2. The minimum absolute atomic E-state index is 0.132. The maximum Gasteiger partial charge on any atom is 0.109 e. The lowest BCUT2D eigenvalue weighted by Gasteiger charge is -2.46. The van der Waals surface area contributed by atoms with E-state index in [9.17, 15) is 0 Å². The molecular formula is C10H19NO3. The summed E-state index contributed by atoms with van der Waals surface area (Å²) in [7, 11) is 1.73. The fourth-order valence-corrected chi connectivity index (χ4v) is 2.33. The van der Waals surface area contributed by atoms with Crippen LogP contribution in [0.15, 0.2) is 0 Å². The molecule has 0 aromatic carbocycles. The predicted octanol–water partition coefficient (Wildman–Crippen LogP) is 0.170. The summed E-state index contributed by atoms with van der Waals surface area (Å²) in [5.41, 5.74) is -0.132. The molecule has 0 aromatic rings. The highest BCUT2D eigenvalue weighted by molar-refractivity contribution is 4.97. The van der Waals surface area contributed by atoms with Crippen LogP contribution in [0.3, 0.4) is 0 Å². The summed E-state index contributed by atoms with van der Waals surface area (Å²) in [6, 6.07) is 0.279. The highest BCUT2D eigenvalue weighted by atomic mass is 16.6. The largest absolute Gasteiger partial charge is 0.383 e. The van der Waals surface area contributed by atoms with Crippen molar-refractivity contribution in [3.63, 3.8) is 0 Å². The van der Waals surface area contributed by atoms with Crippen molar-refractivity contribution in [2.24, 2.45) is 0 Å². The van der Waals surface area contributed by atoms with Crippen molar-refractivity contribution in [3.05, 3.63) is 0 Å². The summed E-state index contributed by atoms with van der Waals surface area (Å²) >= 11 is 0. The Balaban J connectivity index is 2.02. The smallest absolute Gasteiger partial charge is 0.109 e. The third-order valence-corrected chi connectivity index (χ3v) is 3.09. The summed E-state index contributed by atoms with van der Waals surface area (Å²) < 4.78 is 16.6. The molecule has 82 valence electrons. The molecule has 0 radical (unpaired) electrons. The maximum atomic E-state index is 5.90. The van der Waals surface area contributed by atoms with Gasteiger partial charge in [0, 0.05) is 20.3 Å². The van der Waals surface area contributed by atoms with Crippen molar-refractivity contribution in [3.8, 4) is 0 Å². The average molecular weight is 201 g/mol. The van der Waals surface area contributed by atoms with Crippen LogP contribution in [0.2, 0.25) is 0 Å². The second-order valence-corrected chi connectivity index (χ2v) is 4.03. The van der Waals surface area contributed by atoms with Gasteiger partial charge in [-0.3, -0.25) is 0 Å². The summed E-state index contributed by atoms with van der Waals surface area (Å²) in [6.45, 7) is 3.96. The molecule has 2 unspecified atom stereocenters. The van der Waals surface area contributed by atoms with E-state index in [1.165, 1.54) is 0 Å². The van der Waals surface area contributed by atoms with Crippen LogP contribution in [0.25, 0.3) is 0 Å². The number of morpholine rings is 1. The van der Waals surface area contributed by atoms with Crippen LogP contribution >= 0.6 is 0 Å². The molecule has 2 saturated heterocycles. The molecule has 2 heterocycles. The molecular weight excluding hydrogens is 182 g/mol. The summed E-state index contributed by atoms with van der Waals surface area (Å²) in [4.78, 5) is 0. The first-order valence-electron chi connectivity index (χ1n) is 5.31. The average Bonchev–Trinajstić information content (AvgIpc) is 2.23. The van der Waals surface area contributed by atoms with E-state index in [-0.39, 0.29) is 11.6 Å². The number of hydrogen-bond donors (Lipinski definition) is 1. The first kappa shape index (κ1) is 10.4. The molecule has 1 N–H and O–H groups in total. The lowest BCUT2D eigenvalue weighted by Crippen LogP contribution is -2.63. The molecule has 0 aromatic heterocycles. The quantitative estimate of drug-likeness (QED) is 0.691. The zero-order valence-corrected chi connectivity index (χ0v) is 8.75. The van der Waals surface area contributed by atoms with Crippen molar-refractivity contribution >= 4 is 0 Å². The molecule has 2 rings (SSSR count). The Bertz CT molecular complexity index is 170. The Morgan fingerprint density at radius 1 is 1.50 bits per heavy atom. The molecule has 2 fully saturated rings. The molecule has 2 aliphatic heterocycles. The fraction of sp³-hybridized carbons (Fsp3) is 1.00. The Hall–Kier alpha value is -0.160. The van der Waals surface area contributed by atoms with Gasteiger partial charge >= 0.3 is 0 Å². The van der Waals surface area contributed by atoms with E-state index in [4.69, 9.17) is 14.2 Å². The van der Waals surface area contributed by atoms with Crippen LogP contribution < -0.4 is 5.32 Å². The lowest BCUT2D eigenvalue weighted by molar-refractivity contribution is -0.171. The highest BCUT2D eigenvalue weighted by Crippen LogP contribution is 2.29. The molecule has 4 heteroatoms. The molecule has 4 nitrogen and oxygen atoms in total. The van der Waals surface area contributed by atoms with Crippen molar-refractivity contribution < 1.29 is 14.2 Å². The van der Waals surface area contributed by atoms with Gasteiger partial charge in [0.1, 0.15) is 5.60 Å². The van der Waals surface area contributed by atoms with E-state index in [2.05, 4.69) is 5.32 Å². The summed E-state index contributed by atoms with van der Waals surface area (Å²) in [6.07, 6.45) is 2.16. The first-order valence-corrected chi connectivity index (χ1v) is 5.31. The van der Waals surface area contributed by atoms with Crippen LogP contribution in [0.5, 0.6) is 0 Å². The van der Waals surface area contributed by atoms with Crippen LogP contribution in [-0.4, -0.2) is 51.7 Å². The van der Waals surface area contributed by atoms with Gasteiger partial charge in [-0.1, -0.05) is 0 Å². The number of nitrogens with one attached hydrogen (secondary N) is 1. The Morgan fingerprint density at radius 2 is 2.43 bits per heavy atom. The van der Waals surface area contributed by atoms with Crippen LogP contribution in [0.4, 0.5) is 0 Å². The van der Waals surface area contributed by atoms with Crippen LogP contribution in [0, 0.1) is 0 Å². The Kier molecular flexibility index (Phi) is 3.38. The van der Waals surface area contributed by atoms with Gasteiger partial charge in [0.05, 0.1) is 25.9 Å². The third kappa shape index (κ3) is 1.93. The molecule has 2 atom stereocenters. The van der Waals surface area contributed by atoms with E-state index in [0.29, 0.717) is 13.2 Å². The van der Waals surface area contributed by atoms with Crippen molar-refractivity contribution in [1.82, 2.24) is 5.32 Å². The maximum absolute atomic E-state index is 5.90. The minimum atomic E-state index is -0.132.